The van der Waals surface area contributed by atoms with Crippen molar-refractivity contribution in [1.82, 2.24) is 4.31 Å². The van der Waals surface area contributed by atoms with Gasteiger partial charge in [0, 0.05) is 13.0 Å². The van der Waals surface area contributed by atoms with E-state index in [0.29, 0.717) is 5.56 Å². The molecule has 1 aliphatic rings. The first kappa shape index (κ1) is 23.6. The van der Waals surface area contributed by atoms with Crippen molar-refractivity contribution >= 4 is 27.7 Å². The van der Waals surface area contributed by atoms with Gasteiger partial charge in [0.1, 0.15) is 5.78 Å². The second kappa shape index (κ2) is 8.84. The number of carbonyl (C=O) groups is 3. The van der Waals surface area contributed by atoms with E-state index in [1.54, 1.807) is 36.4 Å². The van der Waals surface area contributed by atoms with Gasteiger partial charge in [-0.3, -0.25) is 14.4 Å². The predicted molar refractivity (Wildman–Crippen MR) is 115 cm³/mol. The Morgan fingerprint density at radius 2 is 1.56 bits per heavy atom. The topological polar surface area (TPSA) is 107 Å². The third-order valence-corrected chi connectivity index (χ3v) is 7.61. The number of ether oxygens (including phenoxy) is 2. The van der Waals surface area contributed by atoms with Crippen LogP contribution < -0.4 is 0 Å². The van der Waals surface area contributed by atoms with Crippen molar-refractivity contribution in [2.75, 3.05) is 14.2 Å². The Kier molecular flexibility index (Phi) is 6.52. The Labute approximate surface area is 187 Å². The van der Waals surface area contributed by atoms with Gasteiger partial charge in [0.15, 0.2) is 0 Å². The van der Waals surface area contributed by atoms with E-state index >= 15 is 0 Å². The molecule has 0 bridgehead atoms. The van der Waals surface area contributed by atoms with Crippen molar-refractivity contribution in [3.8, 4) is 0 Å². The molecule has 3 rings (SSSR count). The number of esters is 2. The van der Waals surface area contributed by atoms with E-state index in [9.17, 15) is 22.8 Å². The monoisotopic (exact) mass is 459 g/mol. The molecule has 1 heterocycles. The van der Waals surface area contributed by atoms with Crippen LogP contribution in [0.25, 0.3) is 0 Å². The molecule has 0 radical (unpaired) electrons. The molecule has 0 aromatic heterocycles. The predicted octanol–water partition coefficient (Wildman–Crippen LogP) is 2.13. The molecule has 8 nitrogen and oxygen atoms in total. The van der Waals surface area contributed by atoms with Crippen molar-refractivity contribution < 1.29 is 32.3 Å². The SMILES string of the molecule is COC(=O)C1(C(=O)OC)c2ccccc2CN(S(=O)(=O)c2ccc(C)cc2)C1CC(C)=O. The fourth-order valence-electron chi connectivity index (χ4n) is 4.24. The van der Waals surface area contributed by atoms with E-state index in [2.05, 4.69) is 0 Å². The largest absolute Gasteiger partial charge is 0.468 e. The summed E-state index contributed by atoms with van der Waals surface area (Å²) in [6.07, 6.45) is -0.385. The lowest BCUT2D eigenvalue weighted by Gasteiger charge is -2.46. The number of aryl methyl sites for hydroxylation is 1. The van der Waals surface area contributed by atoms with Gasteiger partial charge in [-0.15, -0.1) is 0 Å². The number of rotatable bonds is 6. The van der Waals surface area contributed by atoms with Crippen LogP contribution in [0.15, 0.2) is 53.4 Å². The number of sulfonamides is 1. The highest BCUT2D eigenvalue weighted by Gasteiger charge is 2.63. The molecule has 1 aliphatic heterocycles. The van der Waals surface area contributed by atoms with E-state index in [1.807, 2.05) is 6.92 Å². The molecule has 2 aromatic rings. The molecular formula is C23H25NO7S. The van der Waals surface area contributed by atoms with Gasteiger partial charge in [0.2, 0.25) is 15.4 Å². The zero-order valence-corrected chi connectivity index (χ0v) is 19.1. The van der Waals surface area contributed by atoms with E-state index in [4.69, 9.17) is 9.47 Å². The highest BCUT2D eigenvalue weighted by atomic mass is 32.2. The summed E-state index contributed by atoms with van der Waals surface area (Å²) < 4.78 is 38.5. The summed E-state index contributed by atoms with van der Waals surface area (Å²) in [7, 11) is -2.00. The molecule has 0 fully saturated rings. The number of ketones is 1. The molecule has 1 atom stereocenters. The van der Waals surface area contributed by atoms with Crippen LogP contribution in [0.4, 0.5) is 0 Å². The number of benzene rings is 2. The first-order valence-corrected chi connectivity index (χ1v) is 11.4. The van der Waals surface area contributed by atoms with Crippen molar-refractivity contribution in [1.29, 1.82) is 0 Å². The van der Waals surface area contributed by atoms with Gasteiger partial charge in [-0.25, -0.2) is 8.42 Å². The molecule has 0 spiro atoms. The lowest BCUT2D eigenvalue weighted by Crippen LogP contribution is -2.64. The van der Waals surface area contributed by atoms with Crippen LogP contribution in [0.2, 0.25) is 0 Å². The third-order valence-electron chi connectivity index (χ3n) is 5.74. The normalized spacial score (nSPS) is 17.8. The lowest BCUT2D eigenvalue weighted by molar-refractivity contribution is -0.166. The molecule has 0 aliphatic carbocycles. The van der Waals surface area contributed by atoms with Crippen molar-refractivity contribution in [2.45, 2.75) is 43.2 Å². The number of nitrogens with zero attached hydrogens (tertiary/aromatic N) is 1. The summed E-state index contributed by atoms with van der Waals surface area (Å²) in [6.45, 7) is 2.97. The smallest absolute Gasteiger partial charge is 0.329 e. The number of fused-ring (bicyclic) bond motifs is 1. The third kappa shape index (κ3) is 3.71. The summed E-state index contributed by atoms with van der Waals surface area (Å²) in [5, 5.41) is 0. The van der Waals surface area contributed by atoms with Crippen molar-refractivity contribution in [3.63, 3.8) is 0 Å². The van der Waals surface area contributed by atoms with Crippen LogP contribution >= 0.6 is 0 Å². The maximum atomic E-state index is 13.7. The minimum Gasteiger partial charge on any atom is -0.468 e. The molecule has 9 heteroatoms. The molecule has 2 aromatic carbocycles. The lowest BCUT2D eigenvalue weighted by atomic mass is 9.68. The Morgan fingerprint density at radius 1 is 1.00 bits per heavy atom. The number of methoxy groups -OCH3 is 2. The van der Waals surface area contributed by atoms with Gasteiger partial charge < -0.3 is 9.47 Å². The Balaban J connectivity index is 2.37. The van der Waals surface area contributed by atoms with Crippen molar-refractivity contribution in [2.24, 2.45) is 0 Å². The van der Waals surface area contributed by atoms with Crippen LogP contribution in [0, 0.1) is 6.92 Å². The molecule has 0 saturated carbocycles. The van der Waals surface area contributed by atoms with Crippen LogP contribution in [-0.2, 0) is 45.8 Å². The molecule has 170 valence electrons. The van der Waals surface area contributed by atoms with Crippen LogP contribution in [0.1, 0.15) is 30.0 Å². The molecule has 32 heavy (non-hydrogen) atoms. The van der Waals surface area contributed by atoms with Crippen molar-refractivity contribution in [3.05, 3.63) is 65.2 Å². The van der Waals surface area contributed by atoms with Gasteiger partial charge in [0.05, 0.1) is 25.2 Å². The minimum absolute atomic E-state index is 0.0142. The summed E-state index contributed by atoms with van der Waals surface area (Å²) in [4.78, 5) is 38.7. The fraction of sp³-hybridized carbons (Fsp3) is 0.348. The minimum atomic E-state index is -4.21. The second-order valence-corrected chi connectivity index (χ2v) is 9.62. The van der Waals surface area contributed by atoms with Crippen LogP contribution in [0.5, 0.6) is 0 Å². The van der Waals surface area contributed by atoms with Crippen LogP contribution in [0.3, 0.4) is 0 Å². The quantitative estimate of drug-likeness (QED) is 0.481. The maximum absolute atomic E-state index is 13.7. The highest BCUT2D eigenvalue weighted by molar-refractivity contribution is 7.89. The summed E-state index contributed by atoms with van der Waals surface area (Å²) in [5.74, 6) is -2.38. The average Bonchev–Trinajstić information content (AvgIpc) is 2.77. The Bertz CT molecular complexity index is 1140. The Hall–Kier alpha value is -3.04. The first-order valence-electron chi connectivity index (χ1n) is 9.93. The van der Waals surface area contributed by atoms with Gasteiger partial charge in [-0.05, 0) is 37.1 Å². The zero-order chi connectivity index (χ0) is 23.7. The Morgan fingerprint density at radius 3 is 2.09 bits per heavy atom. The maximum Gasteiger partial charge on any atom is 0.329 e. The standard InChI is InChI=1S/C23H25NO7S/c1-15-9-11-18(12-10-15)32(28,29)24-14-17-7-5-6-8-19(17)23(21(26)30-3,22(27)31-4)20(24)13-16(2)25/h5-12,20H,13-14H2,1-4H3. The number of Topliss-reactive ketones (excluding diaryl/α,β-unsaturated/α-hetero) is 1. The fourth-order valence-corrected chi connectivity index (χ4v) is 5.87. The van der Waals surface area contributed by atoms with Crippen LogP contribution in [-0.4, -0.2) is 50.7 Å². The van der Waals surface area contributed by atoms with E-state index in [-0.39, 0.29) is 23.4 Å². The number of hydrogen-bond donors (Lipinski definition) is 0. The second-order valence-electron chi connectivity index (χ2n) is 7.73. The van der Waals surface area contributed by atoms with Gasteiger partial charge in [0.25, 0.3) is 0 Å². The van der Waals surface area contributed by atoms with Gasteiger partial charge >= 0.3 is 11.9 Å². The first-order chi connectivity index (χ1) is 15.1. The molecule has 1 unspecified atom stereocenters. The van der Waals surface area contributed by atoms with E-state index in [1.165, 1.54) is 19.1 Å². The molecule has 0 amide bonds. The molecule has 0 N–H and O–H groups in total. The number of hydrogen-bond acceptors (Lipinski definition) is 7. The molecule has 0 saturated heterocycles. The molecular weight excluding hydrogens is 434 g/mol. The highest BCUT2D eigenvalue weighted by Crippen LogP contribution is 2.44. The summed E-state index contributed by atoms with van der Waals surface area (Å²) in [5.41, 5.74) is -0.590. The van der Waals surface area contributed by atoms with E-state index in [0.717, 1.165) is 24.1 Å². The summed E-state index contributed by atoms with van der Waals surface area (Å²) in [6, 6.07) is 11.3. The zero-order valence-electron chi connectivity index (χ0n) is 18.3. The van der Waals surface area contributed by atoms with Gasteiger partial charge in [-0.1, -0.05) is 42.0 Å². The average molecular weight is 460 g/mol. The van der Waals surface area contributed by atoms with E-state index < -0.39 is 39.2 Å². The summed E-state index contributed by atoms with van der Waals surface area (Å²) >= 11 is 0. The number of carbonyl (C=O) groups excluding carboxylic acids is 3. The van der Waals surface area contributed by atoms with Gasteiger partial charge in [-0.2, -0.15) is 4.31 Å².